The Morgan fingerprint density at radius 3 is 2.84 bits per heavy atom. The van der Waals surface area contributed by atoms with Gasteiger partial charge in [-0.15, -0.1) is 0 Å². The Balaban J connectivity index is 2.00. The van der Waals surface area contributed by atoms with Crippen LogP contribution in [0.5, 0.6) is 5.75 Å². The van der Waals surface area contributed by atoms with Gasteiger partial charge in [-0.3, -0.25) is 0 Å². The van der Waals surface area contributed by atoms with Crippen LogP contribution in [0.1, 0.15) is 31.7 Å². The summed E-state index contributed by atoms with van der Waals surface area (Å²) in [5.74, 6) is 1.11. The van der Waals surface area contributed by atoms with Crippen LogP contribution in [0.4, 0.5) is 0 Å². The molecule has 3 heteroatoms. The molecule has 1 saturated carbocycles. The van der Waals surface area contributed by atoms with E-state index in [-0.39, 0.29) is 5.92 Å². The van der Waals surface area contributed by atoms with Crippen LogP contribution in [0, 0.1) is 22.7 Å². The number of para-hydroxylation sites is 1. The second-order valence-corrected chi connectivity index (χ2v) is 5.82. The van der Waals surface area contributed by atoms with Crippen LogP contribution in [0.2, 0.25) is 0 Å². The molecular formula is C16H19NO2. The van der Waals surface area contributed by atoms with Crippen molar-refractivity contribution in [3.63, 3.8) is 0 Å². The van der Waals surface area contributed by atoms with Gasteiger partial charge in [0.1, 0.15) is 17.8 Å². The van der Waals surface area contributed by atoms with Gasteiger partial charge in [0, 0.05) is 6.42 Å². The maximum absolute atomic E-state index is 11.1. The highest BCUT2D eigenvalue weighted by Crippen LogP contribution is 2.53. The number of hydrogen-bond acceptors (Lipinski definition) is 3. The molecule has 1 heterocycles. The van der Waals surface area contributed by atoms with Gasteiger partial charge < -0.3 is 9.84 Å². The number of ether oxygens (including phenoxy) is 1. The highest BCUT2D eigenvalue weighted by atomic mass is 16.5. The van der Waals surface area contributed by atoms with Gasteiger partial charge in [-0.2, -0.15) is 5.26 Å². The molecule has 2 unspecified atom stereocenters. The molecule has 19 heavy (non-hydrogen) atoms. The molecule has 2 atom stereocenters. The summed E-state index contributed by atoms with van der Waals surface area (Å²) in [6, 6.07) is 10.2. The first-order chi connectivity index (χ1) is 9.15. The van der Waals surface area contributed by atoms with Crippen molar-refractivity contribution in [2.45, 2.75) is 38.2 Å². The molecular weight excluding hydrogens is 238 g/mol. The summed E-state index contributed by atoms with van der Waals surface area (Å²) in [5.41, 5.74) is -0.699. The maximum atomic E-state index is 11.1. The van der Waals surface area contributed by atoms with E-state index in [1.165, 1.54) is 0 Å². The normalized spacial score (nSPS) is 28.7. The lowest BCUT2D eigenvalue weighted by Crippen LogP contribution is -2.55. The molecule has 1 fully saturated rings. The predicted octanol–water partition coefficient (Wildman–Crippen LogP) is 2.68. The standard InChI is InChI=1S/C16H19NO2/c1-2-16(18,13-7-8-13)15(10-17)9-12-5-3-4-6-14(12)19-11-15/h3-6,13,18H,2,7-9,11H2,1H3. The Kier molecular flexibility index (Phi) is 2.79. The zero-order valence-corrected chi connectivity index (χ0v) is 11.2. The lowest BCUT2D eigenvalue weighted by molar-refractivity contribution is -0.0994. The van der Waals surface area contributed by atoms with Gasteiger partial charge in [-0.1, -0.05) is 25.1 Å². The average molecular weight is 257 g/mol. The Morgan fingerprint density at radius 2 is 2.21 bits per heavy atom. The van der Waals surface area contributed by atoms with E-state index in [0.29, 0.717) is 19.4 Å². The number of benzene rings is 1. The van der Waals surface area contributed by atoms with Gasteiger partial charge in [0.05, 0.1) is 11.7 Å². The third kappa shape index (κ3) is 1.74. The summed E-state index contributed by atoms with van der Waals surface area (Å²) in [7, 11) is 0. The van der Waals surface area contributed by atoms with E-state index in [9.17, 15) is 10.4 Å². The zero-order chi connectivity index (χ0) is 13.5. The monoisotopic (exact) mass is 257 g/mol. The number of nitrogens with zero attached hydrogens (tertiary/aromatic N) is 1. The minimum atomic E-state index is -0.921. The van der Waals surface area contributed by atoms with Crippen molar-refractivity contribution in [2.75, 3.05) is 6.61 Å². The third-order valence-electron chi connectivity index (χ3n) is 4.77. The van der Waals surface area contributed by atoms with E-state index < -0.39 is 11.0 Å². The average Bonchev–Trinajstić information content (AvgIpc) is 3.30. The summed E-state index contributed by atoms with van der Waals surface area (Å²) in [4.78, 5) is 0. The highest BCUT2D eigenvalue weighted by Gasteiger charge is 2.59. The summed E-state index contributed by atoms with van der Waals surface area (Å²) in [6.07, 6.45) is 3.24. The van der Waals surface area contributed by atoms with Crippen LogP contribution in [-0.4, -0.2) is 17.3 Å². The van der Waals surface area contributed by atoms with E-state index in [1.54, 1.807) is 0 Å². The van der Waals surface area contributed by atoms with Gasteiger partial charge in [0.25, 0.3) is 0 Å². The molecule has 1 aromatic rings. The maximum Gasteiger partial charge on any atom is 0.124 e. The predicted molar refractivity (Wildman–Crippen MR) is 71.7 cm³/mol. The summed E-state index contributed by atoms with van der Waals surface area (Å²) in [6.45, 7) is 2.26. The van der Waals surface area contributed by atoms with Crippen molar-refractivity contribution in [3.8, 4) is 11.8 Å². The Hall–Kier alpha value is -1.53. The molecule has 1 aromatic carbocycles. The minimum absolute atomic E-state index is 0.256. The summed E-state index contributed by atoms with van der Waals surface area (Å²) < 4.78 is 5.77. The fourth-order valence-electron chi connectivity index (χ4n) is 3.39. The SMILES string of the molecule is CCC(O)(C1CC1)C1(C#N)COc2ccccc2C1. The molecule has 0 bridgehead atoms. The first-order valence-corrected chi connectivity index (χ1v) is 6.99. The Bertz CT molecular complexity index is 532. The molecule has 3 nitrogen and oxygen atoms in total. The largest absolute Gasteiger partial charge is 0.492 e. The fraction of sp³-hybridized carbons (Fsp3) is 0.562. The molecule has 0 radical (unpaired) electrons. The van der Waals surface area contributed by atoms with E-state index in [1.807, 2.05) is 31.2 Å². The lowest BCUT2D eigenvalue weighted by atomic mass is 9.65. The number of fused-ring (bicyclic) bond motifs is 1. The molecule has 2 aliphatic rings. The Morgan fingerprint density at radius 1 is 1.47 bits per heavy atom. The van der Waals surface area contributed by atoms with E-state index in [2.05, 4.69) is 6.07 Å². The van der Waals surface area contributed by atoms with Crippen molar-refractivity contribution < 1.29 is 9.84 Å². The van der Waals surface area contributed by atoms with Crippen molar-refractivity contribution in [3.05, 3.63) is 29.8 Å². The molecule has 0 amide bonds. The molecule has 100 valence electrons. The van der Waals surface area contributed by atoms with Gasteiger partial charge in [0.2, 0.25) is 0 Å². The van der Waals surface area contributed by atoms with Crippen molar-refractivity contribution in [1.29, 1.82) is 5.26 Å². The Labute approximate surface area is 113 Å². The van der Waals surface area contributed by atoms with Crippen LogP contribution in [-0.2, 0) is 6.42 Å². The number of hydrogen-bond donors (Lipinski definition) is 1. The summed E-state index contributed by atoms with van der Waals surface area (Å²) in [5, 5.41) is 20.8. The number of rotatable bonds is 3. The molecule has 3 rings (SSSR count). The van der Waals surface area contributed by atoms with Crippen molar-refractivity contribution in [2.24, 2.45) is 11.3 Å². The summed E-state index contributed by atoms with van der Waals surface area (Å²) >= 11 is 0. The molecule has 1 N–H and O–H groups in total. The van der Waals surface area contributed by atoms with E-state index in [4.69, 9.17) is 4.74 Å². The van der Waals surface area contributed by atoms with E-state index >= 15 is 0 Å². The topological polar surface area (TPSA) is 53.2 Å². The third-order valence-corrected chi connectivity index (χ3v) is 4.77. The van der Waals surface area contributed by atoms with Crippen LogP contribution in [0.3, 0.4) is 0 Å². The van der Waals surface area contributed by atoms with Gasteiger partial charge in [0.15, 0.2) is 0 Å². The molecule has 0 saturated heterocycles. The van der Waals surface area contributed by atoms with Crippen LogP contribution in [0.25, 0.3) is 0 Å². The molecule has 1 aliphatic heterocycles. The zero-order valence-electron chi connectivity index (χ0n) is 11.2. The van der Waals surface area contributed by atoms with Gasteiger partial charge >= 0.3 is 0 Å². The fourth-order valence-corrected chi connectivity index (χ4v) is 3.39. The molecule has 0 spiro atoms. The van der Waals surface area contributed by atoms with Gasteiger partial charge in [-0.25, -0.2) is 0 Å². The molecule has 0 aromatic heterocycles. The smallest absolute Gasteiger partial charge is 0.124 e. The first kappa shape index (κ1) is 12.5. The van der Waals surface area contributed by atoms with Crippen LogP contribution < -0.4 is 4.74 Å². The number of nitriles is 1. The van der Waals surface area contributed by atoms with Crippen LogP contribution >= 0.6 is 0 Å². The second-order valence-electron chi connectivity index (χ2n) is 5.82. The second kappa shape index (κ2) is 4.25. The van der Waals surface area contributed by atoms with E-state index in [0.717, 1.165) is 24.2 Å². The lowest BCUT2D eigenvalue weighted by Gasteiger charge is -2.45. The first-order valence-electron chi connectivity index (χ1n) is 6.99. The number of aliphatic hydroxyl groups is 1. The quantitative estimate of drug-likeness (QED) is 0.905. The highest BCUT2D eigenvalue weighted by molar-refractivity contribution is 5.39. The molecule has 1 aliphatic carbocycles. The van der Waals surface area contributed by atoms with Crippen LogP contribution in [0.15, 0.2) is 24.3 Å². The van der Waals surface area contributed by atoms with Gasteiger partial charge in [-0.05, 0) is 36.8 Å². The minimum Gasteiger partial charge on any atom is -0.492 e. The van der Waals surface area contributed by atoms with Crippen molar-refractivity contribution in [1.82, 2.24) is 0 Å². The van der Waals surface area contributed by atoms with Crippen molar-refractivity contribution >= 4 is 0 Å².